The SMILES string of the molecule is CCC(C(=O)Nc1cc(Oc2ccccc2C)cc([N+](=O)[O-])c1)n1cc(Br)cn1. The van der Waals surface area contributed by atoms with Gasteiger partial charge in [0.1, 0.15) is 17.5 Å². The third-order valence-electron chi connectivity index (χ3n) is 4.27. The molecule has 0 radical (unpaired) electrons. The Morgan fingerprint density at radius 3 is 2.72 bits per heavy atom. The lowest BCUT2D eigenvalue weighted by atomic mass is 10.2. The van der Waals surface area contributed by atoms with Crippen LogP contribution in [0.25, 0.3) is 0 Å². The quantitative estimate of drug-likeness (QED) is 0.385. The van der Waals surface area contributed by atoms with Gasteiger partial charge in [-0.1, -0.05) is 25.1 Å². The first-order valence-electron chi connectivity index (χ1n) is 8.91. The van der Waals surface area contributed by atoms with Crippen LogP contribution in [-0.2, 0) is 4.79 Å². The molecule has 0 fully saturated rings. The molecule has 2 aromatic carbocycles. The highest BCUT2D eigenvalue weighted by Crippen LogP contribution is 2.31. The van der Waals surface area contributed by atoms with E-state index in [-0.39, 0.29) is 23.0 Å². The zero-order valence-electron chi connectivity index (χ0n) is 15.8. The molecule has 1 N–H and O–H groups in total. The topological polar surface area (TPSA) is 99.3 Å². The number of ether oxygens (including phenoxy) is 1. The van der Waals surface area contributed by atoms with Gasteiger partial charge in [0.25, 0.3) is 5.69 Å². The van der Waals surface area contributed by atoms with E-state index < -0.39 is 11.0 Å². The third kappa shape index (κ3) is 5.00. The van der Waals surface area contributed by atoms with Gasteiger partial charge in [-0.25, -0.2) is 0 Å². The summed E-state index contributed by atoms with van der Waals surface area (Å²) in [5.41, 5.74) is 0.985. The number of para-hydroxylation sites is 1. The summed E-state index contributed by atoms with van der Waals surface area (Å²) in [6.07, 6.45) is 3.80. The van der Waals surface area contributed by atoms with Gasteiger partial charge in [-0.3, -0.25) is 19.6 Å². The highest BCUT2D eigenvalue weighted by molar-refractivity contribution is 9.10. The third-order valence-corrected chi connectivity index (χ3v) is 4.68. The average molecular weight is 459 g/mol. The summed E-state index contributed by atoms with van der Waals surface area (Å²) in [5, 5.41) is 18.2. The van der Waals surface area contributed by atoms with Gasteiger partial charge in [0.15, 0.2) is 0 Å². The predicted octanol–water partition coefficient (Wildman–Crippen LogP) is 5.24. The molecule has 1 amide bonds. The Morgan fingerprint density at radius 2 is 2.10 bits per heavy atom. The zero-order chi connectivity index (χ0) is 21.0. The molecule has 1 heterocycles. The molecule has 9 heteroatoms. The minimum atomic E-state index is -0.554. The van der Waals surface area contributed by atoms with E-state index in [9.17, 15) is 14.9 Å². The Morgan fingerprint density at radius 1 is 1.34 bits per heavy atom. The molecular weight excluding hydrogens is 440 g/mol. The number of nitrogens with one attached hydrogen (secondary N) is 1. The van der Waals surface area contributed by atoms with Gasteiger partial charge in [0.05, 0.1) is 27.3 Å². The maximum atomic E-state index is 12.8. The minimum absolute atomic E-state index is 0.179. The van der Waals surface area contributed by atoms with Gasteiger partial charge >= 0.3 is 0 Å². The van der Waals surface area contributed by atoms with Crippen LogP contribution in [-0.4, -0.2) is 20.6 Å². The molecule has 1 unspecified atom stereocenters. The predicted molar refractivity (Wildman–Crippen MR) is 112 cm³/mol. The standard InChI is InChI=1S/C20H19BrN4O4/c1-3-18(24-12-14(21)11-22-24)20(26)23-15-8-16(25(27)28)10-17(9-15)29-19-7-5-4-6-13(19)2/h4-12,18H,3H2,1-2H3,(H,23,26). The van der Waals surface area contributed by atoms with Gasteiger partial charge in [-0.15, -0.1) is 0 Å². The second-order valence-electron chi connectivity index (χ2n) is 6.39. The van der Waals surface area contributed by atoms with Crippen molar-refractivity contribution in [2.75, 3.05) is 5.32 Å². The fraction of sp³-hybridized carbons (Fsp3) is 0.200. The molecule has 29 heavy (non-hydrogen) atoms. The summed E-state index contributed by atoms with van der Waals surface area (Å²) in [6, 6.07) is 11.0. The monoisotopic (exact) mass is 458 g/mol. The number of carbonyl (C=O) groups excluding carboxylic acids is 1. The average Bonchev–Trinajstić information content (AvgIpc) is 3.10. The highest BCUT2D eigenvalue weighted by Gasteiger charge is 2.21. The normalized spacial score (nSPS) is 11.7. The molecule has 3 rings (SSSR count). The Labute approximate surface area is 175 Å². The van der Waals surface area contributed by atoms with Crippen LogP contribution >= 0.6 is 15.9 Å². The maximum absolute atomic E-state index is 12.8. The first-order chi connectivity index (χ1) is 13.9. The number of non-ortho nitro benzene ring substituents is 1. The summed E-state index contributed by atoms with van der Waals surface area (Å²) in [5.74, 6) is 0.516. The summed E-state index contributed by atoms with van der Waals surface area (Å²) < 4.78 is 8.12. The number of aryl methyl sites for hydroxylation is 1. The van der Waals surface area contributed by atoms with E-state index in [1.807, 2.05) is 32.0 Å². The molecule has 1 aromatic heterocycles. The molecule has 0 saturated carbocycles. The number of anilines is 1. The van der Waals surface area contributed by atoms with Crippen molar-refractivity contribution in [1.29, 1.82) is 0 Å². The van der Waals surface area contributed by atoms with Crippen molar-refractivity contribution in [3.8, 4) is 11.5 Å². The van der Waals surface area contributed by atoms with Crippen molar-refractivity contribution in [3.63, 3.8) is 0 Å². The fourth-order valence-electron chi connectivity index (χ4n) is 2.82. The lowest BCUT2D eigenvalue weighted by Crippen LogP contribution is -2.26. The Bertz CT molecular complexity index is 1050. The van der Waals surface area contributed by atoms with E-state index >= 15 is 0 Å². The van der Waals surface area contributed by atoms with Crippen molar-refractivity contribution in [1.82, 2.24) is 9.78 Å². The molecule has 0 bridgehead atoms. The number of aromatic nitrogens is 2. The Balaban J connectivity index is 1.88. The fourth-order valence-corrected chi connectivity index (χ4v) is 3.12. The number of hydrogen-bond acceptors (Lipinski definition) is 5. The molecule has 1 atom stereocenters. The van der Waals surface area contributed by atoms with E-state index in [1.165, 1.54) is 12.1 Å². The number of hydrogen-bond donors (Lipinski definition) is 1. The van der Waals surface area contributed by atoms with Crippen LogP contribution in [0.15, 0.2) is 59.3 Å². The Hall–Kier alpha value is -3.20. The van der Waals surface area contributed by atoms with Crippen LogP contribution in [0.4, 0.5) is 11.4 Å². The van der Waals surface area contributed by atoms with Gasteiger partial charge in [-0.2, -0.15) is 5.10 Å². The van der Waals surface area contributed by atoms with E-state index in [4.69, 9.17) is 4.74 Å². The van der Waals surface area contributed by atoms with E-state index in [2.05, 4.69) is 26.3 Å². The van der Waals surface area contributed by atoms with Crippen molar-refractivity contribution >= 4 is 33.2 Å². The summed E-state index contributed by atoms with van der Waals surface area (Å²) >= 11 is 3.31. The number of nitro benzene ring substituents is 1. The number of nitrogens with zero attached hydrogens (tertiary/aromatic N) is 3. The second-order valence-corrected chi connectivity index (χ2v) is 7.31. The lowest BCUT2D eigenvalue weighted by Gasteiger charge is -2.16. The van der Waals surface area contributed by atoms with Crippen molar-refractivity contribution in [2.24, 2.45) is 0 Å². The van der Waals surface area contributed by atoms with Crippen molar-refractivity contribution in [3.05, 3.63) is 75.0 Å². The smallest absolute Gasteiger partial charge is 0.275 e. The molecular formula is C20H19BrN4O4. The van der Waals surface area contributed by atoms with Crippen LogP contribution in [0.5, 0.6) is 11.5 Å². The largest absolute Gasteiger partial charge is 0.457 e. The highest BCUT2D eigenvalue weighted by atomic mass is 79.9. The summed E-state index contributed by atoms with van der Waals surface area (Å²) in [6.45, 7) is 3.74. The van der Waals surface area contributed by atoms with Crippen LogP contribution in [0.1, 0.15) is 24.9 Å². The van der Waals surface area contributed by atoms with Crippen molar-refractivity contribution < 1.29 is 14.5 Å². The zero-order valence-corrected chi connectivity index (χ0v) is 17.4. The van der Waals surface area contributed by atoms with Crippen molar-refractivity contribution in [2.45, 2.75) is 26.3 Å². The van der Waals surface area contributed by atoms with E-state index in [0.717, 1.165) is 10.0 Å². The number of halogens is 1. The molecule has 0 aliphatic rings. The van der Waals surface area contributed by atoms with Gasteiger partial charge in [-0.05, 0) is 40.9 Å². The molecule has 0 aliphatic heterocycles. The van der Waals surface area contributed by atoms with Crippen LogP contribution in [0.2, 0.25) is 0 Å². The maximum Gasteiger partial charge on any atom is 0.275 e. The molecule has 8 nitrogen and oxygen atoms in total. The molecule has 0 saturated heterocycles. The molecule has 3 aromatic rings. The number of benzene rings is 2. The molecule has 150 valence electrons. The Kier molecular flexibility index (Phi) is 6.28. The molecule has 0 spiro atoms. The van der Waals surface area contributed by atoms with Crippen LogP contribution < -0.4 is 10.1 Å². The summed E-state index contributed by atoms with van der Waals surface area (Å²) in [4.78, 5) is 23.6. The van der Waals surface area contributed by atoms with Gasteiger partial charge in [0, 0.05) is 18.3 Å². The number of rotatable bonds is 7. The van der Waals surface area contributed by atoms with E-state index in [0.29, 0.717) is 12.2 Å². The second kappa shape index (κ2) is 8.87. The number of carbonyl (C=O) groups is 1. The van der Waals surface area contributed by atoms with Crippen LogP contribution in [0.3, 0.4) is 0 Å². The van der Waals surface area contributed by atoms with Gasteiger partial charge < -0.3 is 10.1 Å². The summed E-state index contributed by atoms with van der Waals surface area (Å²) in [7, 11) is 0. The molecule has 0 aliphatic carbocycles. The first kappa shape index (κ1) is 20.5. The van der Waals surface area contributed by atoms with E-state index in [1.54, 1.807) is 29.2 Å². The van der Waals surface area contributed by atoms with Gasteiger partial charge in [0.2, 0.25) is 5.91 Å². The number of nitro groups is 1. The lowest BCUT2D eigenvalue weighted by molar-refractivity contribution is -0.384. The number of amides is 1. The first-order valence-corrected chi connectivity index (χ1v) is 9.70. The minimum Gasteiger partial charge on any atom is -0.457 e. The van der Waals surface area contributed by atoms with Crippen LogP contribution in [0, 0.1) is 17.0 Å².